The maximum atomic E-state index is 5.31. The number of rotatable bonds is 0. The van der Waals surface area contributed by atoms with Gasteiger partial charge in [0.15, 0.2) is 6.79 Å². The first-order valence-electron chi connectivity index (χ1n) is 3.86. The Morgan fingerprint density at radius 2 is 2.50 bits per heavy atom. The summed E-state index contributed by atoms with van der Waals surface area (Å²) in [5.41, 5.74) is 2.11. The van der Waals surface area contributed by atoms with E-state index in [2.05, 4.69) is 4.99 Å². The van der Waals surface area contributed by atoms with Crippen molar-refractivity contribution in [2.24, 2.45) is 4.99 Å². The highest BCUT2D eigenvalue weighted by Gasteiger charge is 2.27. The van der Waals surface area contributed by atoms with Crippen LogP contribution in [0.5, 0.6) is 0 Å². The van der Waals surface area contributed by atoms with E-state index in [-0.39, 0.29) is 6.10 Å². The van der Waals surface area contributed by atoms with Crippen LogP contribution in [0.25, 0.3) is 0 Å². The van der Waals surface area contributed by atoms with Crippen LogP contribution in [-0.4, -0.2) is 18.6 Å². The maximum absolute atomic E-state index is 5.31. The van der Waals surface area contributed by atoms with Gasteiger partial charge in [0.25, 0.3) is 0 Å². The maximum Gasteiger partial charge on any atom is 0.189 e. The summed E-state index contributed by atoms with van der Waals surface area (Å²) in [5, 5.41) is 0. The van der Waals surface area contributed by atoms with Crippen molar-refractivity contribution in [1.29, 1.82) is 0 Å². The Morgan fingerprint density at radius 3 is 3.50 bits per heavy atom. The molecule has 0 amide bonds. The molecule has 3 aliphatic rings. The van der Waals surface area contributed by atoms with Gasteiger partial charge in [0.1, 0.15) is 11.9 Å². The Balaban J connectivity index is 2.08. The molecule has 2 heterocycles. The zero-order valence-corrected chi connectivity index (χ0v) is 6.36. The van der Waals surface area contributed by atoms with Crippen LogP contribution in [0, 0.1) is 0 Å². The molecular weight excluding hydrogens is 154 g/mol. The largest absolute Gasteiger partial charge is 0.469 e. The number of aliphatic imine (C=N–C) groups is 1. The molecule has 2 aliphatic heterocycles. The molecule has 0 unspecified atom stereocenters. The SMILES string of the molecule is C1=CC2=C[C@H]3OCOC3=CC2=N1. The Morgan fingerprint density at radius 1 is 1.50 bits per heavy atom. The van der Waals surface area contributed by atoms with Gasteiger partial charge in [-0.25, -0.2) is 0 Å². The highest BCUT2D eigenvalue weighted by Crippen LogP contribution is 2.27. The lowest BCUT2D eigenvalue weighted by Crippen LogP contribution is -2.13. The molecule has 3 nitrogen and oxygen atoms in total. The fraction of sp³-hybridized carbons (Fsp3) is 0.222. The molecule has 12 heavy (non-hydrogen) atoms. The third-order valence-corrected chi connectivity index (χ3v) is 2.13. The van der Waals surface area contributed by atoms with Crippen LogP contribution < -0.4 is 0 Å². The van der Waals surface area contributed by atoms with E-state index in [0.29, 0.717) is 6.79 Å². The van der Waals surface area contributed by atoms with E-state index >= 15 is 0 Å². The lowest BCUT2D eigenvalue weighted by atomic mass is 10.0. The summed E-state index contributed by atoms with van der Waals surface area (Å²) in [5.74, 6) is 0.876. The third kappa shape index (κ3) is 0.713. The minimum Gasteiger partial charge on any atom is -0.469 e. The second kappa shape index (κ2) is 2.08. The van der Waals surface area contributed by atoms with Crippen LogP contribution in [0.2, 0.25) is 0 Å². The second-order valence-corrected chi connectivity index (χ2v) is 2.85. The summed E-state index contributed by atoms with van der Waals surface area (Å²) >= 11 is 0. The molecule has 1 saturated heterocycles. The summed E-state index contributed by atoms with van der Waals surface area (Å²) in [6, 6.07) is 0. The van der Waals surface area contributed by atoms with Gasteiger partial charge in [0.05, 0.1) is 5.71 Å². The van der Waals surface area contributed by atoms with Gasteiger partial charge in [-0.1, -0.05) is 0 Å². The number of ether oxygens (including phenoxy) is 2. The standard InChI is InChI=1S/C9H7NO2/c1-2-10-7-4-9-8(3-6(1)7)11-5-12-9/h1-4,8H,5H2/t8-/m1/s1. The molecule has 1 aliphatic carbocycles. The van der Waals surface area contributed by atoms with Crippen molar-refractivity contribution in [3.05, 3.63) is 35.8 Å². The van der Waals surface area contributed by atoms with E-state index in [4.69, 9.17) is 9.47 Å². The van der Waals surface area contributed by atoms with Crippen LogP contribution in [0.4, 0.5) is 0 Å². The monoisotopic (exact) mass is 161 g/mol. The summed E-state index contributed by atoms with van der Waals surface area (Å²) in [6.07, 6.45) is 7.75. The van der Waals surface area contributed by atoms with Crippen molar-refractivity contribution >= 4 is 5.71 Å². The molecule has 0 radical (unpaired) electrons. The smallest absolute Gasteiger partial charge is 0.189 e. The van der Waals surface area contributed by atoms with Crippen molar-refractivity contribution in [1.82, 2.24) is 0 Å². The van der Waals surface area contributed by atoms with Crippen molar-refractivity contribution in [2.75, 3.05) is 6.79 Å². The minimum absolute atomic E-state index is 0.0155. The quantitative estimate of drug-likeness (QED) is 0.533. The molecule has 0 aromatic heterocycles. The normalized spacial score (nSPS) is 30.0. The van der Waals surface area contributed by atoms with E-state index in [1.54, 1.807) is 6.20 Å². The van der Waals surface area contributed by atoms with Gasteiger partial charge >= 0.3 is 0 Å². The van der Waals surface area contributed by atoms with Crippen LogP contribution in [0.1, 0.15) is 0 Å². The lowest BCUT2D eigenvalue weighted by Gasteiger charge is -2.10. The van der Waals surface area contributed by atoms with Gasteiger partial charge in [-0.15, -0.1) is 0 Å². The molecule has 3 rings (SSSR count). The number of hydrogen-bond acceptors (Lipinski definition) is 3. The Bertz CT molecular complexity index is 350. The predicted molar refractivity (Wildman–Crippen MR) is 43.6 cm³/mol. The Labute approximate surface area is 69.7 Å². The summed E-state index contributed by atoms with van der Waals surface area (Å²) in [6.45, 7) is 0.358. The molecule has 1 fully saturated rings. The first-order valence-corrected chi connectivity index (χ1v) is 3.86. The number of nitrogens with zero attached hydrogens (tertiary/aromatic N) is 1. The highest BCUT2D eigenvalue weighted by atomic mass is 16.7. The zero-order chi connectivity index (χ0) is 7.97. The van der Waals surface area contributed by atoms with E-state index in [0.717, 1.165) is 17.0 Å². The fourth-order valence-electron chi connectivity index (χ4n) is 1.51. The van der Waals surface area contributed by atoms with Crippen molar-refractivity contribution in [3.8, 4) is 0 Å². The Kier molecular flexibility index (Phi) is 1.07. The second-order valence-electron chi connectivity index (χ2n) is 2.85. The van der Waals surface area contributed by atoms with E-state index in [1.165, 1.54) is 0 Å². The molecule has 60 valence electrons. The number of allylic oxidation sites excluding steroid dienone is 3. The van der Waals surface area contributed by atoms with Crippen LogP contribution in [0.15, 0.2) is 40.8 Å². The van der Waals surface area contributed by atoms with Gasteiger partial charge in [-0.3, -0.25) is 4.99 Å². The molecule has 0 N–H and O–H groups in total. The summed E-state index contributed by atoms with van der Waals surface area (Å²) in [4.78, 5) is 4.17. The third-order valence-electron chi connectivity index (χ3n) is 2.13. The molecular formula is C9H7NO2. The minimum atomic E-state index is 0.0155. The predicted octanol–water partition coefficient (Wildman–Crippen LogP) is 1.15. The summed E-state index contributed by atoms with van der Waals surface area (Å²) < 4.78 is 10.6. The van der Waals surface area contributed by atoms with Gasteiger partial charge in [-0.2, -0.15) is 0 Å². The number of hydrogen-bond donors (Lipinski definition) is 0. The molecule has 3 heteroatoms. The van der Waals surface area contributed by atoms with Crippen molar-refractivity contribution in [2.45, 2.75) is 6.10 Å². The summed E-state index contributed by atoms with van der Waals surface area (Å²) in [7, 11) is 0. The van der Waals surface area contributed by atoms with Crippen molar-refractivity contribution < 1.29 is 9.47 Å². The van der Waals surface area contributed by atoms with Gasteiger partial charge < -0.3 is 9.47 Å². The number of fused-ring (bicyclic) bond motifs is 2. The topological polar surface area (TPSA) is 30.8 Å². The molecule has 0 saturated carbocycles. The fourth-order valence-corrected chi connectivity index (χ4v) is 1.51. The van der Waals surface area contributed by atoms with Gasteiger partial charge in [0.2, 0.25) is 0 Å². The van der Waals surface area contributed by atoms with Gasteiger partial charge in [0, 0.05) is 17.8 Å². The van der Waals surface area contributed by atoms with Crippen molar-refractivity contribution in [3.63, 3.8) is 0 Å². The van der Waals surface area contributed by atoms with Crippen LogP contribution in [-0.2, 0) is 9.47 Å². The van der Waals surface area contributed by atoms with Gasteiger partial charge in [-0.05, 0) is 12.2 Å². The highest BCUT2D eigenvalue weighted by molar-refractivity contribution is 6.13. The van der Waals surface area contributed by atoms with Crippen LogP contribution in [0.3, 0.4) is 0 Å². The van der Waals surface area contributed by atoms with E-state index in [9.17, 15) is 0 Å². The first-order chi connectivity index (χ1) is 5.93. The first kappa shape index (κ1) is 6.20. The Hall–Kier alpha value is -1.35. The lowest BCUT2D eigenvalue weighted by molar-refractivity contribution is 0.0629. The molecule has 0 aromatic carbocycles. The van der Waals surface area contributed by atoms with Crippen LogP contribution >= 0.6 is 0 Å². The zero-order valence-electron chi connectivity index (χ0n) is 6.36. The molecule has 1 atom stereocenters. The molecule has 0 aromatic rings. The van der Waals surface area contributed by atoms with E-state index < -0.39 is 0 Å². The van der Waals surface area contributed by atoms with E-state index in [1.807, 2.05) is 18.2 Å². The molecule has 0 spiro atoms. The average Bonchev–Trinajstić information content (AvgIpc) is 2.64. The molecule has 0 bridgehead atoms. The average molecular weight is 161 g/mol.